The Hall–Kier alpha value is -5.20. The first-order valence-electron chi connectivity index (χ1n) is 14.9. The zero-order valence-corrected chi connectivity index (χ0v) is 26.1. The fourth-order valence-corrected chi connectivity index (χ4v) is 6.19. The number of alkyl halides is 3. The predicted molar refractivity (Wildman–Crippen MR) is 166 cm³/mol. The van der Waals surface area contributed by atoms with E-state index in [-0.39, 0.29) is 25.5 Å². The molecule has 10 nitrogen and oxygen atoms in total. The smallest absolute Gasteiger partial charge is 0.414 e. The summed E-state index contributed by atoms with van der Waals surface area (Å²) in [5, 5.41) is 3.44. The highest BCUT2D eigenvalue weighted by molar-refractivity contribution is 6.10. The number of pyridine rings is 2. The average Bonchev–Trinajstić information content (AvgIpc) is 3.25. The average molecular weight is 648 g/mol. The van der Waals surface area contributed by atoms with Crippen LogP contribution in [0.15, 0.2) is 73.1 Å². The number of nitrogens with one attached hydrogen (secondary N) is 1. The van der Waals surface area contributed by atoms with Crippen LogP contribution in [0.2, 0.25) is 0 Å². The Labute approximate surface area is 268 Å². The Balaban J connectivity index is 1.36. The Kier molecular flexibility index (Phi) is 7.81. The Bertz CT molecular complexity index is 1870. The van der Waals surface area contributed by atoms with E-state index in [0.717, 1.165) is 16.3 Å². The summed E-state index contributed by atoms with van der Waals surface area (Å²) in [7, 11) is 1.29. The molecule has 4 heterocycles. The molecule has 2 aromatic heterocycles. The Morgan fingerprint density at radius 1 is 0.979 bits per heavy atom. The number of rotatable bonds is 5. The number of aromatic nitrogens is 2. The van der Waals surface area contributed by atoms with Gasteiger partial charge in [0.2, 0.25) is 5.91 Å². The highest BCUT2D eigenvalue weighted by Gasteiger charge is 2.59. The van der Waals surface area contributed by atoms with Gasteiger partial charge in [-0.3, -0.25) is 14.8 Å². The molecule has 1 spiro atoms. The summed E-state index contributed by atoms with van der Waals surface area (Å²) in [5.74, 6) is -0.186. The SMILES string of the molecule is COC(=O)N1CC2(C1)C(=O)N(Cc1ncc3ccccc3c1-c1ccc(C(NC(=O)OC(C)(C)C)C(F)(F)F)nc1)c1ccccc12. The number of carbonyl (C=O) groups is 3. The first-order valence-corrected chi connectivity index (χ1v) is 14.9. The summed E-state index contributed by atoms with van der Waals surface area (Å²) in [5.41, 5.74) is 0.731. The molecule has 1 N–H and O–H groups in total. The van der Waals surface area contributed by atoms with Gasteiger partial charge in [0.1, 0.15) is 11.0 Å². The number of hydrogen-bond donors (Lipinski definition) is 1. The minimum atomic E-state index is -4.85. The van der Waals surface area contributed by atoms with Crippen molar-refractivity contribution in [1.82, 2.24) is 20.2 Å². The number of benzene rings is 2. The van der Waals surface area contributed by atoms with Crippen LogP contribution >= 0.6 is 0 Å². The van der Waals surface area contributed by atoms with Crippen molar-refractivity contribution < 1.29 is 37.0 Å². The van der Waals surface area contributed by atoms with Crippen molar-refractivity contribution in [2.24, 2.45) is 0 Å². The van der Waals surface area contributed by atoms with Crippen molar-refractivity contribution in [1.29, 1.82) is 0 Å². The lowest BCUT2D eigenvalue weighted by molar-refractivity contribution is -0.157. The molecule has 0 aliphatic carbocycles. The maximum atomic E-state index is 14.1. The van der Waals surface area contributed by atoms with Gasteiger partial charge in [0.15, 0.2) is 6.04 Å². The molecule has 1 saturated heterocycles. The second-order valence-electron chi connectivity index (χ2n) is 12.6. The number of para-hydroxylation sites is 1. The summed E-state index contributed by atoms with van der Waals surface area (Å²) >= 11 is 0. The van der Waals surface area contributed by atoms with E-state index in [1.165, 1.54) is 30.3 Å². The van der Waals surface area contributed by atoms with Gasteiger partial charge in [0.25, 0.3) is 0 Å². The van der Waals surface area contributed by atoms with Gasteiger partial charge in [0, 0.05) is 47.7 Å². The molecule has 13 heteroatoms. The maximum absolute atomic E-state index is 14.1. The highest BCUT2D eigenvalue weighted by Crippen LogP contribution is 2.48. The van der Waals surface area contributed by atoms with Crippen LogP contribution in [0.1, 0.15) is 43.8 Å². The minimum Gasteiger partial charge on any atom is -0.453 e. The lowest BCUT2D eigenvalue weighted by atomic mass is 9.75. The standard InChI is InChI=1S/C34H32F3N5O5/c1-32(2,3)47-30(44)40-28(34(35,36)37)24-14-13-21(16-38-24)27-22-10-6-5-9-20(22)15-39-25(27)17-42-26-12-8-7-11-23(26)33(29(42)43)18-41(19-33)31(45)46-4/h5-16,28H,17-19H2,1-4H3,(H,40,44). The minimum absolute atomic E-state index is 0.0586. The summed E-state index contributed by atoms with van der Waals surface area (Å²) in [4.78, 5) is 50.4. The summed E-state index contributed by atoms with van der Waals surface area (Å²) in [6.07, 6.45) is -3.59. The number of nitrogens with zero attached hydrogens (tertiary/aromatic N) is 4. The molecule has 0 saturated carbocycles. The molecule has 2 aliphatic heterocycles. The van der Waals surface area contributed by atoms with E-state index in [0.29, 0.717) is 22.5 Å². The van der Waals surface area contributed by atoms with E-state index >= 15 is 0 Å². The van der Waals surface area contributed by atoms with Gasteiger partial charge in [0.05, 0.1) is 25.0 Å². The van der Waals surface area contributed by atoms with Gasteiger partial charge in [-0.25, -0.2) is 9.59 Å². The fraction of sp³-hybridized carbons (Fsp3) is 0.324. The molecule has 0 radical (unpaired) electrons. The predicted octanol–water partition coefficient (Wildman–Crippen LogP) is 6.29. The topological polar surface area (TPSA) is 114 Å². The Morgan fingerprint density at radius 2 is 1.68 bits per heavy atom. The molecule has 1 atom stereocenters. The fourth-order valence-electron chi connectivity index (χ4n) is 6.19. The number of ether oxygens (including phenoxy) is 2. The van der Waals surface area contributed by atoms with Crippen LogP contribution in [-0.2, 0) is 26.2 Å². The van der Waals surface area contributed by atoms with Gasteiger partial charge >= 0.3 is 18.4 Å². The highest BCUT2D eigenvalue weighted by atomic mass is 19.4. The van der Waals surface area contributed by atoms with E-state index in [1.807, 2.05) is 53.8 Å². The molecule has 244 valence electrons. The number of alkyl carbamates (subject to hydrolysis) is 1. The van der Waals surface area contributed by atoms with Crippen molar-refractivity contribution in [3.8, 4) is 11.1 Å². The van der Waals surface area contributed by atoms with Crippen molar-refractivity contribution >= 4 is 34.6 Å². The normalized spacial score (nSPS) is 16.1. The second-order valence-corrected chi connectivity index (χ2v) is 12.6. The maximum Gasteiger partial charge on any atom is 0.414 e. The molecule has 47 heavy (non-hydrogen) atoms. The largest absolute Gasteiger partial charge is 0.453 e. The molecule has 0 bridgehead atoms. The van der Waals surface area contributed by atoms with Crippen LogP contribution in [0, 0.1) is 0 Å². The molecule has 6 rings (SSSR count). The van der Waals surface area contributed by atoms with Gasteiger partial charge in [-0.2, -0.15) is 13.2 Å². The third-order valence-corrected chi connectivity index (χ3v) is 8.26. The third-order valence-electron chi connectivity index (χ3n) is 8.26. The van der Waals surface area contributed by atoms with Crippen LogP contribution in [-0.4, -0.2) is 64.9 Å². The van der Waals surface area contributed by atoms with Crippen LogP contribution in [0.25, 0.3) is 21.9 Å². The first-order chi connectivity index (χ1) is 22.2. The van der Waals surface area contributed by atoms with Crippen LogP contribution in [0.5, 0.6) is 0 Å². The molecule has 2 aliphatic rings. The van der Waals surface area contributed by atoms with Crippen molar-refractivity contribution in [2.45, 2.75) is 50.6 Å². The molecule has 1 unspecified atom stereocenters. The van der Waals surface area contributed by atoms with E-state index in [9.17, 15) is 27.6 Å². The number of likely N-dealkylation sites (tertiary alicyclic amines) is 1. The van der Waals surface area contributed by atoms with Crippen LogP contribution < -0.4 is 10.2 Å². The van der Waals surface area contributed by atoms with E-state index in [4.69, 9.17) is 14.5 Å². The summed E-state index contributed by atoms with van der Waals surface area (Å²) in [6.45, 7) is 5.06. The first kappa shape index (κ1) is 31.8. The molecule has 2 aromatic carbocycles. The van der Waals surface area contributed by atoms with E-state index < -0.39 is 41.1 Å². The summed E-state index contributed by atoms with van der Waals surface area (Å²) in [6, 6.07) is 15.1. The number of halogens is 3. The Morgan fingerprint density at radius 3 is 2.34 bits per heavy atom. The van der Waals surface area contributed by atoms with Crippen molar-refractivity contribution in [2.75, 3.05) is 25.1 Å². The van der Waals surface area contributed by atoms with Gasteiger partial charge in [-0.15, -0.1) is 0 Å². The van der Waals surface area contributed by atoms with Gasteiger partial charge in [-0.1, -0.05) is 48.5 Å². The zero-order chi connectivity index (χ0) is 33.7. The van der Waals surface area contributed by atoms with Gasteiger partial charge in [-0.05, 0) is 43.9 Å². The van der Waals surface area contributed by atoms with Crippen molar-refractivity contribution in [3.05, 3.63) is 90.0 Å². The molecule has 3 amide bonds. The van der Waals surface area contributed by atoms with E-state index in [1.54, 1.807) is 31.9 Å². The summed E-state index contributed by atoms with van der Waals surface area (Å²) < 4.78 is 52.1. The molecular weight excluding hydrogens is 615 g/mol. The van der Waals surface area contributed by atoms with Crippen LogP contribution in [0.3, 0.4) is 0 Å². The number of anilines is 1. The van der Waals surface area contributed by atoms with Crippen molar-refractivity contribution in [3.63, 3.8) is 0 Å². The molecular formula is C34H32F3N5O5. The number of fused-ring (bicyclic) bond motifs is 3. The van der Waals surface area contributed by atoms with E-state index in [2.05, 4.69) is 4.98 Å². The number of carbonyl (C=O) groups excluding carboxylic acids is 3. The zero-order valence-electron chi connectivity index (χ0n) is 26.1. The number of hydrogen-bond acceptors (Lipinski definition) is 7. The third kappa shape index (κ3) is 5.81. The lowest BCUT2D eigenvalue weighted by Crippen LogP contribution is -2.65. The molecule has 4 aromatic rings. The monoisotopic (exact) mass is 647 g/mol. The van der Waals surface area contributed by atoms with Crippen LogP contribution in [0.4, 0.5) is 28.4 Å². The second kappa shape index (κ2) is 11.6. The quantitative estimate of drug-likeness (QED) is 0.271. The van der Waals surface area contributed by atoms with Gasteiger partial charge < -0.3 is 24.6 Å². The number of amides is 3. The lowest BCUT2D eigenvalue weighted by Gasteiger charge is -2.45. The molecule has 1 fully saturated rings. The number of methoxy groups -OCH3 is 1.